The van der Waals surface area contributed by atoms with Crippen LogP contribution < -0.4 is 19.9 Å². The van der Waals surface area contributed by atoms with Gasteiger partial charge < -0.3 is 24.8 Å². The number of nitrogens with one attached hydrogen (secondary N) is 1. The summed E-state index contributed by atoms with van der Waals surface area (Å²) in [5.41, 5.74) is 2.77. The van der Waals surface area contributed by atoms with Crippen molar-refractivity contribution >= 4 is 33.8 Å². The van der Waals surface area contributed by atoms with Gasteiger partial charge in [0.15, 0.2) is 5.13 Å². The Bertz CT molecular complexity index is 924. The fourth-order valence-electron chi connectivity index (χ4n) is 3.70. The van der Waals surface area contributed by atoms with Crippen LogP contribution in [0.15, 0.2) is 18.2 Å². The number of benzene rings is 1. The van der Waals surface area contributed by atoms with Gasteiger partial charge in [0.25, 0.3) is 5.91 Å². The van der Waals surface area contributed by atoms with E-state index in [0.717, 1.165) is 58.9 Å². The molecule has 1 aromatic heterocycles. The van der Waals surface area contributed by atoms with Gasteiger partial charge in [-0.25, -0.2) is 4.98 Å². The van der Waals surface area contributed by atoms with Gasteiger partial charge in [-0.15, -0.1) is 0 Å². The third kappa shape index (κ3) is 4.04. The molecule has 8 heteroatoms. The molecule has 7 nitrogen and oxygen atoms in total. The molecule has 2 aliphatic heterocycles. The predicted octanol–water partition coefficient (Wildman–Crippen LogP) is 2.74. The van der Waals surface area contributed by atoms with Crippen LogP contribution in [0, 0.1) is 0 Å². The lowest BCUT2D eigenvalue weighted by atomic mass is 9.94. The van der Waals surface area contributed by atoms with Crippen LogP contribution in [0.1, 0.15) is 29.2 Å². The van der Waals surface area contributed by atoms with Gasteiger partial charge in [-0.1, -0.05) is 11.3 Å². The van der Waals surface area contributed by atoms with Crippen molar-refractivity contribution in [2.45, 2.75) is 25.8 Å². The van der Waals surface area contributed by atoms with E-state index >= 15 is 0 Å². The minimum atomic E-state index is -0.260. The first-order valence-corrected chi connectivity index (χ1v) is 10.8. The van der Waals surface area contributed by atoms with E-state index in [1.54, 1.807) is 0 Å². The molecule has 2 aliphatic rings. The van der Waals surface area contributed by atoms with E-state index < -0.39 is 0 Å². The number of anilines is 3. The van der Waals surface area contributed by atoms with Crippen LogP contribution in [0.25, 0.3) is 0 Å². The van der Waals surface area contributed by atoms with Crippen LogP contribution in [-0.2, 0) is 6.42 Å². The van der Waals surface area contributed by atoms with Crippen LogP contribution in [-0.4, -0.2) is 68.7 Å². The first-order chi connectivity index (χ1) is 13.7. The second-order valence-corrected chi connectivity index (χ2v) is 9.64. The standard InChI is InChI=1S/C21H29N5O2S/c1-21(2)13-15-18(19(27)23-21)29-20(22-15)26-10-11-28-17-12-14(6-7-16(17)26)25(5)9-8-24(3)4/h6-7,12H,8-11,13H2,1-5H3,(H,23,27). The predicted molar refractivity (Wildman–Crippen MR) is 118 cm³/mol. The van der Waals surface area contributed by atoms with Crippen molar-refractivity contribution < 1.29 is 9.53 Å². The number of carbonyl (C=O) groups excluding carboxylic acids is 1. The second-order valence-electron chi connectivity index (χ2n) is 8.66. The summed E-state index contributed by atoms with van der Waals surface area (Å²) < 4.78 is 5.97. The molecule has 4 rings (SSSR count). The summed E-state index contributed by atoms with van der Waals surface area (Å²) >= 11 is 1.47. The van der Waals surface area contributed by atoms with Gasteiger partial charge >= 0.3 is 0 Å². The first kappa shape index (κ1) is 20.0. The summed E-state index contributed by atoms with van der Waals surface area (Å²) in [5, 5.41) is 3.93. The molecule has 29 heavy (non-hydrogen) atoms. The van der Waals surface area contributed by atoms with Crippen molar-refractivity contribution in [1.82, 2.24) is 15.2 Å². The topological polar surface area (TPSA) is 60.9 Å². The lowest BCUT2D eigenvalue weighted by molar-refractivity contribution is 0.0901. The molecule has 1 amide bonds. The lowest BCUT2D eigenvalue weighted by Gasteiger charge is -2.31. The third-order valence-electron chi connectivity index (χ3n) is 5.31. The van der Waals surface area contributed by atoms with E-state index in [4.69, 9.17) is 9.72 Å². The van der Waals surface area contributed by atoms with Crippen molar-refractivity contribution in [1.29, 1.82) is 0 Å². The van der Waals surface area contributed by atoms with Crippen LogP contribution >= 0.6 is 11.3 Å². The number of fused-ring (bicyclic) bond motifs is 2. The highest BCUT2D eigenvalue weighted by molar-refractivity contribution is 7.17. The molecule has 1 N–H and O–H groups in total. The quantitative estimate of drug-likeness (QED) is 0.810. The SMILES string of the molecule is CN(C)CCN(C)c1ccc2c(c1)OCCN2c1nc2c(s1)C(=O)NC(C)(C)C2. The van der Waals surface area contributed by atoms with E-state index in [-0.39, 0.29) is 11.4 Å². The number of aromatic nitrogens is 1. The lowest BCUT2D eigenvalue weighted by Crippen LogP contribution is -2.48. The van der Waals surface area contributed by atoms with E-state index in [9.17, 15) is 4.79 Å². The fraction of sp³-hybridized carbons (Fsp3) is 0.524. The van der Waals surface area contributed by atoms with Crippen molar-refractivity contribution in [3.63, 3.8) is 0 Å². The van der Waals surface area contributed by atoms with E-state index in [1.807, 2.05) is 13.8 Å². The Balaban J connectivity index is 1.60. The molecule has 2 aromatic rings. The number of amides is 1. The number of thiazole rings is 1. The average molecular weight is 416 g/mol. The highest BCUT2D eigenvalue weighted by atomic mass is 32.1. The van der Waals surface area contributed by atoms with Crippen LogP contribution in [0.4, 0.5) is 16.5 Å². The van der Waals surface area contributed by atoms with Crippen LogP contribution in [0.2, 0.25) is 0 Å². The minimum absolute atomic E-state index is 0.0219. The normalized spacial score (nSPS) is 17.4. The molecular weight excluding hydrogens is 386 g/mol. The second kappa shape index (κ2) is 7.50. The molecule has 0 bridgehead atoms. The average Bonchev–Trinajstić information content (AvgIpc) is 3.08. The Morgan fingerprint density at radius 2 is 2.07 bits per heavy atom. The molecule has 3 heterocycles. The monoisotopic (exact) mass is 415 g/mol. The molecular formula is C21H29N5O2S. The summed E-state index contributed by atoms with van der Waals surface area (Å²) in [4.78, 5) is 24.6. The zero-order chi connectivity index (χ0) is 20.8. The molecule has 156 valence electrons. The molecule has 0 unspecified atom stereocenters. The van der Waals surface area contributed by atoms with Crippen molar-refractivity contribution in [3.05, 3.63) is 28.8 Å². The van der Waals surface area contributed by atoms with Crippen molar-refractivity contribution in [2.24, 2.45) is 0 Å². The Morgan fingerprint density at radius 3 is 2.83 bits per heavy atom. The fourth-order valence-corrected chi connectivity index (χ4v) is 4.72. The smallest absolute Gasteiger partial charge is 0.263 e. The third-order valence-corrected chi connectivity index (χ3v) is 6.43. The number of rotatable bonds is 5. The highest BCUT2D eigenvalue weighted by Gasteiger charge is 2.34. The van der Waals surface area contributed by atoms with Crippen LogP contribution in [0.3, 0.4) is 0 Å². The Kier molecular flexibility index (Phi) is 5.16. The molecule has 0 radical (unpaired) electrons. The van der Waals surface area contributed by atoms with Gasteiger partial charge in [-0.2, -0.15) is 0 Å². The summed E-state index contributed by atoms with van der Waals surface area (Å²) in [6.45, 7) is 7.32. The van der Waals surface area contributed by atoms with Gasteiger partial charge in [0.1, 0.15) is 17.2 Å². The van der Waals surface area contributed by atoms with Crippen molar-refractivity contribution in [3.8, 4) is 5.75 Å². The maximum Gasteiger partial charge on any atom is 0.263 e. The summed E-state index contributed by atoms with van der Waals surface area (Å²) in [6.07, 6.45) is 0.747. The van der Waals surface area contributed by atoms with Gasteiger partial charge in [-0.3, -0.25) is 4.79 Å². The molecule has 0 saturated carbocycles. The molecule has 0 fully saturated rings. The largest absolute Gasteiger partial charge is 0.489 e. The zero-order valence-electron chi connectivity index (χ0n) is 17.8. The molecule has 0 aliphatic carbocycles. The zero-order valence-corrected chi connectivity index (χ0v) is 18.6. The Hall–Kier alpha value is -2.32. The molecule has 1 aromatic carbocycles. The molecule has 0 spiro atoms. The maximum absolute atomic E-state index is 12.5. The summed E-state index contributed by atoms with van der Waals surface area (Å²) in [7, 11) is 6.26. The first-order valence-electron chi connectivity index (χ1n) is 9.96. The molecule has 0 saturated heterocycles. The van der Waals surface area contributed by atoms with Gasteiger partial charge in [0.05, 0.1) is 17.9 Å². The van der Waals surface area contributed by atoms with E-state index in [0.29, 0.717) is 6.61 Å². The van der Waals surface area contributed by atoms with Gasteiger partial charge in [-0.05, 0) is 40.1 Å². The van der Waals surface area contributed by atoms with E-state index in [1.165, 1.54) is 11.3 Å². The van der Waals surface area contributed by atoms with Crippen molar-refractivity contribution in [2.75, 3.05) is 57.2 Å². The number of hydrogen-bond acceptors (Lipinski definition) is 7. The number of carbonyl (C=O) groups is 1. The van der Waals surface area contributed by atoms with Gasteiger partial charge in [0, 0.05) is 43.9 Å². The van der Waals surface area contributed by atoms with Gasteiger partial charge in [0.2, 0.25) is 0 Å². The summed E-state index contributed by atoms with van der Waals surface area (Å²) in [5.74, 6) is 0.842. The number of nitrogens with zero attached hydrogens (tertiary/aromatic N) is 4. The number of ether oxygens (including phenoxy) is 1. The Labute approximate surface area is 176 Å². The highest BCUT2D eigenvalue weighted by Crippen LogP contribution is 2.42. The summed E-state index contributed by atoms with van der Waals surface area (Å²) in [6, 6.07) is 6.32. The molecule has 0 atom stereocenters. The van der Waals surface area contributed by atoms with E-state index in [2.05, 4.69) is 59.4 Å². The van der Waals surface area contributed by atoms with Crippen LogP contribution in [0.5, 0.6) is 5.75 Å². The Morgan fingerprint density at radius 1 is 1.28 bits per heavy atom. The number of likely N-dealkylation sites (N-methyl/N-ethyl adjacent to an activating group) is 2. The maximum atomic E-state index is 12.5. The minimum Gasteiger partial charge on any atom is -0.489 e. The number of hydrogen-bond donors (Lipinski definition) is 1.